The van der Waals surface area contributed by atoms with Crippen LogP contribution < -0.4 is 5.73 Å². The molecule has 0 bridgehead atoms. The number of carbonyl (C=O) groups is 1. The van der Waals surface area contributed by atoms with Crippen molar-refractivity contribution in [1.82, 2.24) is 0 Å². The molecule has 0 aliphatic carbocycles. The molecule has 1 rings (SSSR count). The summed E-state index contributed by atoms with van der Waals surface area (Å²) in [7, 11) is 0. The molecule has 1 unspecified atom stereocenters. The first-order chi connectivity index (χ1) is 7.49. The lowest BCUT2D eigenvalue weighted by molar-refractivity contribution is 0.0920. The van der Waals surface area contributed by atoms with Gasteiger partial charge in [-0.25, -0.2) is 8.78 Å². The van der Waals surface area contributed by atoms with Gasteiger partial charge >= 0.3 is 0 Å². The van der Waals surface area contributed by atoms with E-state index in [4.69, 9.17) is 5.73 Å². The molecule has 0 spiro atoms. The Morgan fingerprint density at radius 2 is 2.00 bits per heavy atom. The molecule has 4 heteroatoms. The van der Waals surface area contributed by atoms with Gasteiger partial charge < -0.3 is 5.73 Å². The van der Waals surface area contributed by atoms with Crippen molar-refractivity contribution in [3.05, 3.63) is 34.9 Å². The Balaban J connectivity index is 3.05. The first-order valence-corrected chi connectivity index (χ1v) is 5.18. The quantitative estimate of drug-likeness (QED) is 0.803. The van der Waals surface area contributed by atoms with Crippen LogP contribution in [0.5, 0.6) is 0 Å². The normalized spacial score (nSPS) is 12.6. The molecule has 0 aromatic heterocycles. The molecule has 0 radical (unpaired) electrons. The van der Waals surface area contributed by atoms with Gasteiger partial charge in [0.15, 0.2) is 17.4 Å². The monoisotopic (exact) mass is 227 g/mol. The van der Waals surface area contributed by atoms with Crippen molar-refractivity contribution in [3.63, 3.8) is 0 Å². The molecule has 2 nitrogen and oxygen atoms in total. The number of hydrogen-bond donors (Lipinski definition) is 1. The molecule has 0 amide bonds. The van der Waals surface area contributed by atoms with Crippen molar-refractivity contribution in [2.75, 3.05) is 6.54 Å². The van der Waals surface area contributed by atoms with E-state index in [2.05, 4.69) is 0 Å². The van der Waals surface area contributed by atoms with E-state index < -0.39 is 17.4 Å². The molecule has 1 aromatic carbocycles. The Kier molecular flexibility index (Phi) is 4.12. The molecule has 1 aromatic rings. The van der Waals surface area contributed by atoms with Crippen molar-refractivity contribution in [2.24, 2.45) is 11.7 Å². The summed E-state index contributed by atoms with van der Waals surface area (Å²) in [6, 6.07) is 2.73. The molecule has 1 atom stereocenters. The predicted molar refractivity (Wildman–Crippen MR) is 58.3 cm³/mol. The minimum absolute atomic E-state index is 0.191. The van der Waals surface area contributed by atoms with Crippen LogP contribution in [0.15, 0.2) is 12.1 Å². The number of Topliss-reactive ketones (excluding diaryl/α,β-unsaturated/α-hetero) is 1. The number of nitrogens with two attached hydrogens (primary N) is 1. The van der Waals surface area contributed by atoms with E-state index in [1.54, 1.807) is 6.92 Å². The number of aryl methyl sites for hydroxylation is 1. The van der Waals surface area contributed by atoms with E-state index in [1.165, 1.54) is 19.1 Å². The maximum atomic E-state index is 13.5. The van der Waals surface area contributed by atoms with Crippen LogP contribution in [0, 0.1) is 24.5 Å². The van der Waals surface area contributed by atoms with E-state index in [1.807, 2.05) is 0 Å². The summed E-state index contributed by atoms with van der Waals surface area (Å²) >= 11 is 0. The lowest BCUT2D eigenvalue weighted by Gasteiger charge is -2.10. The minimum Gasteiger partial charge on any atom is -0.330 e. The number of hydrogen-bond acceptors (Lipinski definition) is 2. The van der Waals surface area contributed by atoms with Crippen LogP contribution in [-0.2, 0) is 0 Å². The predicted octanol–water partition coefficient (Wildman–Crippen LogP) is 2.44. The Morgan fingerprint density at radius 3 is 2.56 bits per heavy atom. The van der Waals surface area contributed by atoms with Crippen LogP contribution in [0.1, 0.15) is 29.3 Å². The molecule has 0 aliphatic rings. The molecule has 0 aliphatic heterocycles. The van der Waals surface area contributed by atoms with Crippen LogP contribution >= 0.6 is 0 Å². The zero-order chi connectivity index (χ0) is 12.3. The zero-order valence-corrected chi connectivity index (χ0v) is 9.39. The highest BCUT2D eigenvalue weighted by molar-refractivity contribution is 5.97. The Hall–Kier alpha value is -1.29. The summed E-state index contributed by atoms with van der Waals surface area (Å²) in [6.45, 7) is 3.46. The second-order valence-electron chi connectivity index (χ2n) is 3.90. The molecule has 88 valence electrons. The highest BCUT2D eigenvalue weighted by atomic mass is 19.2. The number of benzene rings is 1. The third kappa shape index (κ3) is 2.44. The first kappa shape index (κ1) is 12.8. The van der Waals surface area contributed by atoms with Crippen molar-refractivity contribution >= 4 is 5.78 Å². The van der Waals surface area contributed by atoms with E-state index in [9.17, 15) is 13.6 Å². The van der Waals surface area contributed by atoms with E-state index >= 15 is 0 Å². The van der Waals surface area contributed by atoms with Gasteiger partial charge in [0.1, 0.15) is 0 Å². The van der Waals surface area contributed by atoms with Crippen molar-refractivity contribution in [3.8, 4) is 0 Å². The van der Waals surface area contributed by atoms with Gasteiger partial charge in [-0.05, 0) is 31.5 Å². The maximum Gasteiger partial charge on any atom is 0.169 e. The summed E-state index contributed by atoms with van der Waals surface area (Å²) in [5.74, 6) is -2.80. The SMILES string of the molecule is Cc1ccc(C(=O)C(C)CCN)c(F)c1F. The van der Waals surface area contributed by atoms with Crippen molar-refractivity contribution in [2.45, 2.75) is 20.3 Å². The van der Waals surface area contributed by atoms with Gasteiger partial charge in [0.25, 0.3) is 0 Å². The standard InChI is InChI=1S/C12H15F2NO/c1-7-3-4-9(11(14)10(7)13)12(16)8(2)5-6-15/h3-4,8H,5-6,15H2,1-2H3. The van der Waals surface area contributed by atoms with Gasteiger partial charge in [0, 0.05) is 5.92 Å². The van der Waals surface area contributed by atoms with Crippen LogP contribution in [0.2, 0.25) is 0 Å². The summed E-state index contributed by atoms with van der Waals surface area (Å²) < 4.78 is 26.7. The Morgan fingerprint density at radius 1 is 1.38 bits per heavy atom. The average Bonchev–Trinajstić information content (AvgIpc) is 2.26. The number of rotatable bonds is 4. The summed E-state index contributed by atoms with van der Waals surface area (Å²) in [6.07, 6.45) is 0.466. The molecule has 0 heterocycles. The second-order valence-corrected chi connectivity index (χ2v) is 3.90. The highest BCUT2D eigenvalue weighted by Crippen LogP contribution is 2.19. The third-order valence-electron chi connectivity index (χ3n) is 2.59. The lowest BCUT2D eigenvalue weighted by Crippen LogP contribution is -2.17. The van der Waals surface area contributed by atoms with Crippen LogP contribution in [0.4, 0.5) is 8.78 Å². The van der Waals surface area contributed by atoms with Gasteiger partial charge in [-0.1, -0.05) is 13.0 Å². The van der Waals surface area contributed by atoms with Gasteiger partial charge in [-0.15, -0.1) is 0 Å². The lowest BCUT2D eigenvalue weighted by atomic mass is 9.95. The molecular weight excluding hydrogens is 212 g/mol. The molecule has 0 saturated heterocycles. The fourth-order valence-electron chi connectivity index (χ4n) is 1.48. The van der Waals surface area contributed by atoms with Crippen LogP contribution in [0.3, 0.4) is 0 Å². The molecule has 2 N–H and O–H groups in total. The van der Waals surface area contributed by atoms with Gasteiger partial charge in [-0.3, -0.25) is 4.79 Å². The van der Waals surface area contributed by atoms with Crippen molar-refractivity contribution in [1.29, 1.82) is 0 Å². The zero-order valence-electron chi connectivity index (χ0n) is 9.39. The molecule has 16 heavy (non-hydrogen) atoms. The first-order valence-electron chi connectivity index (χ1n) is 5.18. The third-order valence-corrected chi connectivity index (χ3v) is 2.59. The van der Waals surface area contributed by atoms with Crippen molar-refractivity contribution < 1.29 is 13.6 Å². The second kappa shape index (κ2) is 5.16. The highest BCUT2D eigenvalue weighted by Gasteiger charge is 2.21. The minimum atomic E-state index is -1.06. The number of ketones is 1. The number of halogens is 2. The Labute approximate surface area is 93.5 Å². The fraction of sp³-hybridized carbons (Fsp3) is 0.417. The average molecular weight is 227 g/mol. The maximum absolute atomic E-state index is 13.5. The summed E-state index contributed by atoms with van der Waals surface area (Å²) in [5.41, 5.74) is 5.32. The summed E-state index contributed by atoms with van der Waals surface area (Å²) in [5, 5.41) is 0. The topological polar surface area (TPSA) is 43.1 Å². The van der Waals surface area contributed by atoms with E-state index in [0.717, 1.165) is 0 Å². The van der Waals surface area contributed by atoms with Gasteiger partial charge in [-0.2, -0.15) is 0 Å². The van der Waals surface area contributed by atoms with E-state index in [0.29, 0.717) is 13.0 Å². The number of carbonyl (C=O) groups excluding carboxylic acids is 1. The van der Waals surface area contributed by atoms with Crippen LogP contribution in [0.25, 0.3) is 0 Å². The van der Waals surface area contributed by atoms with Crippen LogP contribution in [-0.4, -0.2) is 12.3 Å². The fourth-order valence-corrected chi connectivity index (χ4v) is 1.48. The molecule has 0 fully saturated rings. The smallest absolute Gasteiger partial charge is 0.169 e. The largest absolute Gasteiger partial charge is 0.330 e. The molecule has 0 saturated carbocycles. The summed E-state index contributed by atoms with van der Waals surface area (Å²) in [4.78, 5) is 11.8. The van der Waals surface area contributed by atoms with Gasteiger partial charge in [0.2, 0.25) is 0 Å². The molecular formula is C12H15F2NO. The van der Waals surface area contributed by atoms with Gasteiger partial charge in [0.05, 0.1) is 5.56 Å². The Bertz CT molecular complexity index is 404. The van der Waals surface area contributed by atoms with E-state index in [-0.39, 0.29) is 17.0 Å².